The maximum atomic E-state index is 14.3. The number of fused-ring (bicyclic) bond motifs is 2. The van der Waals surface area contributed by atoms with E-state index in [0.717, 1.165) is 41.9 Å². The minimum Gasteiger partial charge on any atom is -0.473 e. The Morgan fingerprint density at radius 2 is 2.02 bits per heavy atom. The van der Waals surface area contributed by atoms with Gasteiger partial charge < -0.3 is 18.8 Å². The highest BCUT2D eigenvalue weighted by atomic mass is 19.1. The fourth-order valence-electron chi connectivity index (χ4n) is 6.16. The van der Waals surface area contributed by atoms with Crippen molar-refractivity contribution in [1.29, 1.82) is 5.26 Å². The van der Waals surface area contributed by atoms with Gasteiger partial charge in [-0.25, -0.2) is 19.2 Å². The molecule has 2 aromatic carbocycles. The van der Waals surface area contributed by atoms with Gasteiger partial charge in [0.05, 0.1) is 54.5 Å². The van der Waals surface area contributed by atoms with Gasteiger partial charge in [-0.05, 0) is 68.6 Å². The molecule has 4 unspecified atom stereocenters. The molecule has 1 saturated carbocycles. The van der Waals surface area contributed by atoms with Crippen molar-refractivity contribution in [1.82, 2.24) is 19.4 Å². The number of halogens is 1. The fraction of sp³-hybridized carbons (Fsp3) is 0.394. The second-order valence-electron chi connectivity index (χ2n) is 11.3. The molecule has 6 rings (SSSR count). The molecule has 4 aromatic rings. The topological polar surface area (TPSA) is 102 Å². The Labute approximate surface area is 249 Å². The molecule has 1 saturated heterocycles. The number of carbonyl (C=O) groups is 1. The zero-order valence-electron chi connectivity index (χ0n) is 24.5. The van der Waals surface area contributed by atoms with E-state index in [1.807, 2.05) is 31.2 Å². The quantitative estimate of drug-likeness (QED) is 0.234. The van der Waals surface area contributed by atoms with E-state index in [2.05, 4.69) is 15.5 Å². The van der Waals surface area contributed by atoms with Crippen LogP contribution in [0, 0.1) is 23.1 Å². The number of esters is 1. The number of pyridine rings is 1. The van der Waals surface area contributed by atoms with E-state index in [9.17, 15) is 9.18 Å². The number of likely N-dealkylation sites (tertiary alicyclic amines) is 1. The standard InChI is InChI=1S/C33H34FN5O4/c1-20(41-2)17-39-30-14-22(33(40)42-3)9-10-28(30)36-31(39)18-38-12-11-24(25-15-29(25)38)27-5-4-6-32(37-27)43-19-23-8-7-21(16-35)13-26(23)34/h4-10,13-14,20,24-25,29H,11-12,15,17-19H2,1-3H3. The van der Waals surface area contributed by atoms with Crippen molar-refractivity contribution in [3.63, 3.8) is 0 Å². The van der Waals surface area contributed by atoms with Crippen LogP contribution in [0.5, 0.6) is 5.88 Å². The molecule has 0 N–H and O–H groups in total. The molecular formula is C33H34FN5O4. The molecule has 0 radical (unpaired) electrons. The molecule has 1 aliphatic heterocycles. The van der Waals surface area contributed by atoms with E-state index < -0.39 is 5.82 Å². The first-order chi connectivity index (χ1) is 20.9. The van der Waals surface area contributed by atoms with Gasteiger partial charge in [0.25, 0.3) is 0 Å². The van der Waals surface area contributed by atoms with Gasteiger partial charge in [0, 0.05) is 36.4 Å². The van der Waals surface area contributed by atoms with Crippen LogP contribution in [0.2, 0.25) is 0 Å². The van der Waals surface area contributed by atoms with E-state index in [0.29, 0.717) is 48.0 Å². The van der Waals surface area contributed by atoms with Gasteiger partial charge in [-0.2, -0.15) is 5.26 Å². The number of ether oxygens (including phenoxy) is 3. The summed E-state index contributed by atoms with van der Waals surface area (Å²) in [6, 6.07) is 18.0. The van der Waals surface area contributed by atoms with Gasteiger partial charge >= 0.3 is 5.97 Å². The molecule has 1 aliphatic carbocycles. The number of hydrogen-bond donors (Lipinski definition) is 0. The third-order valence-corrected chi connectivity index (χ3v) is 8.64. The lowest BCUT2D eigenvalue weighted by Crippen LogP contribution is -2.35. The van der Waals surface area contributed by atoms with Crippen LogP contribution in [0.15, 0.2) is 54.6 Å². The molecular weight excluding hydrogens is 549 g/mol. The lowest BCUT2D eigenvalue weighted by Gasteiger charge is -2.31. The number of rotatable bonds is 10. The fourth-order valence-corrected chi connectivity index (χ4v) is 6.16. The summed E-state index contributed by atoms with van der Waals surface area (Å²) in [6.45, 7) is 4.31. The predicted molar refractivity (Wildman–Crippen MR) is 157 cm³/mol. The summed E-state index contributed by atoms with van der Waals surface area (Å²) < 4.78 is 32.8. The van der Waals surface area contributed by atoms with Gasteiger partial charge in [0.1, 0.15) is 18.2 Å². The van der Waals surface area contributed by atoms with Gasteiger partial charge in [0.2, 0.25) is 5.88 Å². The number of carbonyl (C=O) groups excluding carboxylic acids is 1. The number of piperidine rings is 1. The van der Waals surface area contributed by atoms with Crippen LogP contribution in [0.3, 0.4) is 0 Å². The minimum absolute atomic E-state index is 0.0219. The highest BCUT2D eigenvalue weighted by molar-refractivity contribution is 5.93. The lowest BCUT2D eigenvalue weighted by molar-refractivity contribution is 0.0601. The van der Waals surface area contributed by atoms with Crippen LogP contribution in [0.25, 0.3) is 11.0 Å². The summed E-state index contributed by atoms with van der Waals surface area (Å²) in [5.74, 6) is 1.41. The van der Waals surface area contributed by atoms with E-state index in [1.54, 1.807) is 31.4 Å². The first-order valence-electron chi connectivity index (χ1n) is 14.5. The van der Waals surface area contributed by atoms with Crippen LogP contribution in [-0.4, -0.2) is 58.3 Å². The molecule has 222 valence electrons. The molecule has 2 aliphatic rings. The van der Waals surface area contributed by atoms with Crippen molar-refractivity contribution in [2.45, 2.75) is 57.5 Å². The number of nitrogens with zero attached hydrogens (tertiary/aromatic N) is 5. The lowest BCUT2D eigenvalue weighted by atomic mass is 9.92. The summed E-state index contributed by atoms with van der Waals surface area (Å²) in [5, 5.41) is 8.96. The molecule has 4 atom stereocenters. The Bertz CT molecular complexity index is 1700. The Morgan fingerprint density at radius 3 is 2.79 bits per heavy atom. The Morgan fingerprint density at radius 1 is 1.16 bits per heavy atom. The van der Waals surface area contributed by atoms with Crippen molar-refractivity contribution >= 4 is 17.0 Å². The first-order valence-corrected chi connectivity index (χ1v) is 14.5. The van der Waals surface area contributed by atoms with Crippen molar-refractivity contribution in [3.05, 3.63) is 88.6 Å². The molecule has 2 fully saturated rings. The Kier molecular flexibility index (Phi) is 8.10. The van der Waals surface area contributed by atoms with Crippen LogP contribution in [0.1, 0.15) is 58.7 Å². The van der Waals surface area contributed by atoms with Crippen molar-refractivity contribution < 1.29 is 23.4 Å². The van der Waals surface area contributed by atoms with Crippen LogP contribution in [0.4, 0.5) is 4.39 Å². The second kappa shape index (κ2) is 12.1. The molecule has 3 heterocycles. The van der Waals surface area contributed by atoms with Crippen molar-refractivity contribution in [2.75, 3.05) is 20.8 Å². The summed E-state index contributed by atoms with van der Waals surface area (Å²) in [7, 11) is 3.08. The molecule has 0 bridgehead atoms. The largest absolute Gasteiger partial charge is 0.473 e. The predicted octanol–water partition coefficient (Wildman–Crippen LogP) is 5.22. The highest BCUT2D eigenvalue weighted by Crippen LogP contribution is 2.51. The summed E-state index contributed by atoms with van der Waals surface area (Å²) in [5.41, 5.74) is 3.90. The number of benzene rings is 2. The highest BCUT2D eigenvalue weighted by Gasteiger charge is 2.50. The maximum Gasteiger partial charge on any atom is 0.337 e. The van der Waals surface area contributed by atoms with Crippen molar-refractivity contribution in [2.24, 2.45) is 5.92 Å². The number of nitriles is 1. The average molecular weight is 584 g/mol. The monoisotopic (exact) mass is 583 g/mol. The van der Waals surface area contributed by atoms with Gasteiger partial charge in [0.15, 0.2) is 0 Å². The van der Waals surface area contributed by atoms with Gasteiger partial charge in [-0.3, -0.25) is 4.90 Å². The number of hydrogen-bond acceptors (Lipinski definition) is 8. The van der Waals surface area contributed by atoms with Gasteiger partial charge in [-0.15, -0.1) is 0 Å². The third kappa shape index (κ3) is 5.96. The number of imidazole rings is 1. The maximum absolute atomic E-state index is 14.3. The van der Waals surface area contributed by atoms with Crippen LogP contribution < -0.4 is 4.74 Å². The van der Waals surface area contributed by atoms with Gasteiger partial charge in [-0.1, -0.05) is 12.1 Å². The average Bonchev–Trinajstić information content (AvgIpc) is 3.77. The van der Waals surface area contributed by atoms with Crippen LogP contribution in [-0.2, 0) is 29.2 Å². The normalized spacial score (nSPS) is 20.3. The summed E-state index contributed by atoms with van der Waals surface area (Å²) in [6.07, 6.45) is 2.03. The molecule has 0 amide bonds. The summed E-state index contributed by atoms with van der Waals surface area (Å²) in [4.78, 5) is 24.5. The Hall–Kier alpha value is -4.33. The minimum atomic E-state index is -0.461. The molecule has 10 heteroatoms. The van der Waals surface area contributed by atoms with E-state index in [4.69, 9.17) is 29.4 Å². The number of aromatic nitrogens is 3. The third-order valence-electron chi connectivity index (χ3n) is 8.64. The molecule has 43 heavy (non-hydrogen) atoms. The van der Waals surface area contributed by atoms with Crippen molar-refractivity contribution in [3.8, 4) is 11.9 Å². The van der Waals surface area contributed by atoms with E-state index in [1.165, 1.54) is 13.2 Å². The van der Waals surface area contributed by atoms with E-state index in [-0.39, 0.29) is 24.2 Å². The zero-order chi connectivity index (χ0) is 30.1. The molecule has 9 nitrogen and oxygen atoms in total. The van der Waals surface area contributed by atoms with Crippen LogP contribution >= 0.6 is 0 Å². The SMILES string of the molecule is COC(=O)c1ccc2nc(CN3CCC(c4cccc(OCc5ccc(C#N)cc5F)n4)C4CC43)n(CC(C)OC)c2c1. The number of methoxy groups -OCH3 is 2. The zero-order valence-corrected chi connectivity index (χ0v) is 24.5. The first kappa shape index (κ1) is 28.8. The molecule has 0 spiro atoms. The van der Waals surface area contributed by atoms with E-state index >= 15 is 0 Å². The summed E-state index contributed by atoms with van der Waals surface area (Å²) >= 11 is 0. The molecule has 2 aromatic heterocycles. The smallest absolute Gasteiger partial charge is 0.337 e. The Balaban J connectivity index is 1.15. The second-order valence-corrected chi connectivity index (χ2v) is 11.3.